The molecule has 2 aliphatic rings. The monoisotopic (exact) mass is 446 g/mol. The van der Waals surface area contributed by atoms with Gasteiger partial charge in [-0.25, -0.2) is 9.78 Å². The maximum Gasteiger partial charge on any atom is 0.407 e. The van der Waals surface area contributed by atoms with Gasteiger partial charge in [-0.2, -0.15) is 0 Å². The summed E-state index contributed by atoms with van der Waals surface area (Å²) in [4.78, 5) is 18.6. The Morgan fingerprint density at radius 3 is 2.60 bits per heavy atom. The number of nitrogens with zero attached hydrogens (tertiary/aromatic N) is 1. The van der Waals surface area contributed by atoms with Gasteiger partial charge in [0.1, 0.15) is 0 Å². The van der Waals surface area contributed by atoms with Crippen LogP contribution in [0.4, 0.5) is 4.79 Å². The van der Waals surface area contributed by atoms with Crippen LogP contribution in [0.1, 0.15) is 68.9 Å². The van der Waals surface area contributed by atoms with Crippen LogP contribution in [0.25, 0.3) is 10.4 Å². The molecule has 0 aliphatic heterocycles. The second-order valence-electron chi connectivity index (χ2n) is 8.71. The number of rotatable bonds is 6. The quantitative estimate of drug-likeness (QED) is 0.632. The molecule has 4 rings (SSSR count). The lowest BCUT2D eigenvalue weighted by Crippen LogP contribution is -2.38. The Morgan fingerprint density at radius 1 is 1.20 bits per heavy atom. The van der Waals surface area contributed by atoms with Gasteiger partial charge in [0, 0.05) is 33.9 Å². The van der Waals surface area contributed by atoms with Crippen molar-refractivity contribution in [3.8, 4) is 10.4 Å². The summed E-state index contributed by atoms with van der Waals surface area (Å²) in [5, 5.41) is 4.46. The lowest BCUT2D eigenvalue weighted by molar-refractivity contribution is 0.109. The average molecular weight is 447 g/mol. The van der Waals surface area contributed by atoms with Crippen molar-refractivity contribution in [3.63, 3.8) is 0 Å². The highest BCUT2D eigenvalue weighted by atomic mass is 32.2. The lowest BCUT2D eigenvalue weighted by Gasteiger charge is -2.28. The number of amides is 1. The molecule has 1 amide bonds. The summed E-state index contributed by atoms with van der Waals surface area (Å²) in [7, 11) is -0.930. The molecule has 1 N–H and O–H groups in total. The molecule has 2 fully saturated rings. The van der Waals surface area contributed by atoms with Crippen LogP contribution in [-0.4, -0.2) is 32.7 Å². The molecule has 1 aromatic carbocycles. The summed E-state index contributed by atoms with van der Waals surface area (Å²) >= 11 is 1.73. The van der Waals surface area contributed by atoms with E-state index in [-0.39, 0.29) is 18.2 Å². The number of hydrogen-bond donors (Lipinski definition) is 1. The van der Waals surface area contributed by atoms with Gasteiger partial charge in [-0.1, -0.05) is 12.1 Å². The van der Waals surface area contributed by atoms with Crippen molar-refractivity contribution in [3.05, 3.63) is 35.0 Å². The topological polar surface area (TPSA) is 68.3 Å². The molecule has 2 saturated carbocycles. The molecule has 5 nitrogen and oxygen atoms in total. The highest BCUT2D eigenvalue weighted by Crippen LogP contribution is 2.41. The van der Waals surface area contributed by atoms with Gasteiger partial charge in [0.2, 0.25) is 0 Å². The summed E-state index contributed by atoms with van der Waals surface area (Å²) in [5.41, 5.74) is 2.22. The third-order valence-electron chi connectivity index (χ3n) is 5.71. The number of aromatic nitrogens is 1. The minimum Gasteiger partial charge on any atom is -0.447 e. The fourth-order valence-corrected chi connectivity index (χ4v) is 6.77. The second-order valence-corrected chi connectivity index (χ2v) is 11.5. The molecule has 1 atom stereocenters. The smallest absolute Gasteiger partial charge is 0.407 e. The number of hydrogen-bond acceptors (Lipinski definition) is 5. The fraction of sp³-hybridized carbons (Fsp3) is 0.565. The highest BCUT2D eigenvalue weighted by Gasteiger charge is 2.31. The largest absolute Gasteiger partial charge is 0.447 e. The lowest BCUT2D eigenvalue weighted by atomic mass is 9.86. The van der Waals surface area contributed by atoms with Gasteiger partial charge in [-0.15, -0.1) is 11.3 Å². The van der Waals surface area contributed by atoms with Gasteiger partial charge in [-0.3, -0.25) is 4.21 Å². The number of alkyl carbamates (subject to hydrolysis) is 1. The van der Waals surface area contributed by atoms with Crippen LogP contribution in [0.15, 0.2) is 29.3 Å². The summed E-state index contributed by atoms with van der Waals surface area (Å²) in [6.07, 6.45) is 7.55. The number of ether oxygens (including phenoxy) is 1. The van der Waals surface area contributed by atoms with E-state index in [2.05, 4.69) is 30.4 Å². The predicted molar refractivity (Wildman–Crippen MR) is 121 cm³/mol. The van der Waals surface area contributed by atoms with E-state index in [1.54, 1.807) is 11.3 Å². The van der Waals surface area contributed by atoms with Crippen molar-refractivity contribution in [2.75, 3.05) is 0 Å². The number of thiazole rings is 1. The van der Waals surface area contributed by atoms with Crippen molar-refractivity contribution < 1.29 is 13.7 Å². The van der Waals surface area contributed by atoms with Crippen molar-refractivity contribution in [1.29, 1.82) is 0 Å². The second kappa shape index (κ2) is 9.18. The predicted octanol–water partition coefficient (Wildman–Crippen LogP) is 5.55. The molecule has 0 spiro atoms. The Kier molecular flexibility index (Phi) is 6.58. The normalized spacial score (nSPS) is 22.7. The van der Waals surface area contributed by atoms with E-state index in [4.69, 9.17) is 9.72 Å². The molecule has 0 radical (unpaired) electrons. The van der Waals surface area contributed by atoms with Crippen LogP contribution in [0.5, 0.6) is 0 Å². The van der Waals surface area contributed by atoms with Crippen LogP contribution in [-0.2, 0) is 15.5 Å². The summed E-state index contributed by atoms with van der Waals surface area (Å²) < 4.78 is 18.1. The Morgan fingerprint density at radius 2 is 1.93 bits per heavy atom. The third kappa shape index (κ3) is 5.11. The van der Waals surface area contributed by atoms with Gasteiger partial charge in [0.05, 0.1) is 26.8 Å². The molecule has 7 heteroatoms. The first-order chi connectivity index (χ1) is 14.4. The zero-order valence-corrected chi connectivity index (χ0v) is 19.5. The molecule has 1 unspecified atom stereocenters. The van der Waals surface area contributed by atoms with Gasteiger partial charge < -0.3 is 10.1 Å². The third-order valence-corrected chi connectivity index (χ3v) is 8.75. The molecule has 30 heavy (non-hydrogen) atoms. The molecule has 1 aromatic heterocycles. The molecule has 2 aromatic rings. The SMILES string of the molecule is Cc1ccc(-c2cnc(C3CCC(NC(=O)OC(C)C)CC3)s2)c(S(=O)C2CC2)c1. The fourth-order valence-electron chi connectivity index (χ4n) is 3.96. The molecule has 0 bridgehead atoms. The van der Waals surface area contributed by atoms with Crippen LogP contribution >= 0.6 is 11.3 Å². The van der Waals surface area contributed by atoms with Gasteiger partial charge in [0.25, 0.3) is 0 Å². The number of carbonyl (C=O) groups is 1. The van der Waals surface area contributed by atoms with E-state index in [1.807, 2.05) is 20.0 Å². The number of benzene rings is 1. The average Bonchev–Trinajstić information content (AvgIpc) is 3.44. The van der Waals surface area contributed by atoms with Crippen LogP contribution < -0.4 is 5.32 Å². The summed E-state index contributed by atoms with van der Waals surface area (Å²) in [5.74, 6) is 0.422. The van der Waals surface area contributed by atoms with Gasteiger partial charge in [0.15, 0.2) is 0 Å². The van der Waals surface area contributed by atoms with E-state index in [1.165, 1.54) is 0 Å². The van der Waals surface area contributed by atoms with Gasteiger partial charge >= 0.3 is 6.09 Å². The first-order valence-corrected chi connectivity index (χ1v) is 12.9. The van der Waals surface area contributed by atoms with E-state index >= 15 is 0 Å². The zero-order chi connectivity index (χ0) is 21.3. The summed E-state index contributed by atoms with van der Waals surface area (Å²) in [6, 6.07) is 6.45. The van der Waals surface area contributed by atoms with Crippen molar-refractivity contribution in [2.24, 2.45) is 0 Å². The van der Waals surface area contributed by atoms with E-state index in [0.29, 0.717) is 11.2 Å². The molecule has 1 heterocycles. The Hall–Kier alpha value is -1.73. The first kappa shape index (κ1) is 21.5. The Bertz CT molecular complexity index is 928. The number of nitrogens with one attached hydrogen (secondary N) is 1. The highest BCUT2D eigenvalue weighted by molar-refractivity contribution is 7.86. The van der Waals surface area contributed by atoms with Crippen molar-refractivity contribution >= 4 is 28.2 Å². The van der Waals surface area contributed by atoms with Crippen LogP contribution in [0.3, 0.4) is 0 Å². The minimum atomic E-state index is -0.930. The molecule has 162 valence electrons. The zero-order valence-electron chi connectivity index (χ0n) is 17.8. The molecular formula is C23H30N2O3S2. The molecule has 0 saturated heterocycles. The Balaban J connectivity index is 1.42. The van der Waals surface area contributed by atoms with Crippen molar-refractivity contribution in [1.82, 2.24) is 10.3 Å². The maximum atomic E-state index is 12.9. The first-order valence-electron chi connectivity index (χ1n) is 10.8. The van der Waals surface area contributed by atoms with Crippen molar-refractivity contribution in [2.45, 2.75) is 87.5 Å². The maximum absolute atomic E-state index is 12.9. The van der Waals surface area contributed by atoms with Gasteiger partial charge in [-0.05, 0) is 70.9 Å². The minimum absolute atomic E-state index is 0.101. The Labute approximate surface area is 185 Å². The molecule has 2 aliphatic carbocycles. The number of aryl methyl sites for hydroxylation is 1. The molecular weight excluding hydrogens is 416 g/mol. The van der Waals surface area contributed by atoms with E-state index < -0.39 is 10.8 Å². The summed E-state index contributed by atoms with van der Waals surface area (Å²) in [6.45, 7) is 5.77. The van der Waals surface area contributed by atoms with E-state index in [9.17, 15) is 9.00 Å². The number of carbonyl (C=O) groups excluding carboxylic acids is 1. The van der Waals surface area contributed by atoms with Crippen LogP contribution in [0, 0.1) is 6.92 Å². The van der Waals surface area contributed by atoms with Crippen LogP contribution in [0.2, 0.25) is 0 Å². The van der Waals surface area contributed by atoms with E-state index in [0.717, 1.165) is 64.4 Å². The standard InChI is InChI=1S/C23H30N2O3S2/c1-14(2)28-23(26)25-17-7-5-16(6-8-17)22-24-13-20(29-22)19-11-4-15(3)12-21(19)30(27)18-9-10-18/h4,11-14,16-18H,5-10H2,1-3H3,(H,25,26).